The molecule has 0 radical (unpaired) electrons. The molecule has 1 aliphatic rings. The van der Waals surface area contributed by atoms with Crippen LogP contribution in [0.25, 0.3) is 11.0 Å². The number of nitrogens with zero attached hydrogens (tertiary/aromatic N) is 7. The van der Waals surface area contributed by atoms with E-state index < -0.39 is 23.4 Å². The van der Waals surface area contributed by atoms with Crippen LogP contribution >= 0.6 is 8.73 Å². The van der Waals surface area contributed by atoms with Crippen molar-refractivity contribution >= 4 is 42.9 Å². The monoisotopic (exact) mass is 487 g/mol. The maximum atomic E-state index is 15.3. The van der Waals surface area contributed by atoms with Crippen LogP contribution in [0.15, 0.2) is 30.9 Å². The van der Waals surface area contributed by atoms with Crippen LogP contribution in [0.2, 0.25) is 0 Å². The van der Waals surface area contributed by atoms with E-state index in [4.69, 9.17) is 9.47 Å². The normalized spacial score (nSPS) is 13.9. The van der Waals surface area contributed by atoms with Crippen LogP contribution in [0.3, 0.4) is 0 Å². The van der Waals surface area contributed by atoms with Gasteiger partial charge in [0.05, 0.1) is 49.9 Å². The van der Waals surface area contributed by atoms with Gasteiger partial charge in [-0.25, -0.2) is 23.0 Å². The number of rotatable bonds is 5. The molecule has 1 aromatic carbocycles. The number of carbonyl (C=O) groups is 1. The average Bonchev–Trinajstić information content (AvgIpc) is 3.45. The van der Waals surface area contributed by atoms with Gasteiger partial charge >= 0.3 is 6.03 Å². The number of anilines is 3. The van der Waals surface area contributed by atoms with Gasteiger partial charge in [0, 0.05) is 39.8 Å². The number of carbonyl (C=O) groups excluding carboxylic acids is 1. The zero-order valence-electron chi connectivity index (χ0n) is 18.7. The van der Waals surface area contributed by atoms with Crippen LogP contribution in [-0.4, -0.2) is 51.2 Å². The van der Waals surface area contributed by atoms with E-state index in [-0.39, 0.29) is 18.0 Å². The lowest BCUT2D eigenvalue weighted by atomic mass is 10.1. The molecule has 0 fully saturated rings. The summed E-state index contributed by atoms with van der Waals surface area (Å²) in [5.74, 6) is -2.53. The van der Waals surface area contributed by atoms with E-state index in [1.807, 2.05) is 6.66 Å². The molecule has 0 saturated carbocycles. The summed E-state index contributed by atoms with van der Waals surface area (Å²) in [6, 6.07) is 0.424. The summed E-state index contributed by atoms with van der Waals surface area (Å²) in [4.78, 5) is 20.8. The highest BCUT2D eigenvalue weighted by molar-refractivity contribution is 7.35. The molecule has 0 aliphatic carbocycles. The van der Waals surface area contributed by atoms with Crippen LogP contribution in [0.4, 0.5) is 30.6 Å². The third kappa shape index (κ3) is 3.17. The molecule has 0 bridgehead atoms. The fourth-order valence-corrected chi connectivity index (χ4v) is 4.61. The van der Waals surface area contributed by atoms with E-state index in [0.29, 0.717) is 36.7 Å². The van der Waals surface area contributed by atoms with Gasteiger partial charge in [0.25, 0.3) is 0 Å². The molecule has 1 unspecified atom stereocenters. The molecule has 3 aromatic heterocycles. The predicted octanol–water partition coefficient (Wildman–Crippen LogP) is 3.81. The Labute approximate surface area is 194 Å². The Balaban J connectivity index is 1.77. The van der Waals surface area contributed by atoms with E-state index in [0.717, 1.165) is 11.0 Å². The molecule has 13 heteroatoms. The minimum Gasteiger partial charge on any atom is -0.493 e. The number of aromatic nitrogens is 5. The fraction of sp³-hybridized carbons (Fsp3) is 0.238. The van der Waals surface area contributed by atoms with E-state index in [9.17, 15) is 4.79 Å². The first kappa shape index (κ1) is 22.0. The second-order valence-electron chi connectivity index (χ2n) is 7.48. The van der Waals surface area contributed by atoms with E-state index in [1.54, 1.807) is 30.1 Å². The highest BCUT2D eigenvalue weighted by atomic mass is 31.1. The molecule has 0 N–H and O–H groups in total. The summed E-state index contributed by atoms with van der Waals surface area (Å²) in [5, 5.41) is 9.19. The lowest BCUT2D eigenvalue weighted by Crippen LogP contribution is -2.45. The zero-order valence-corrected chi connectivity index (χ0v) is 19.7. The SMILES string of the molecule is COc1cc(OC)c(F)c(N2Cc3cnc4c(cnn4PC)c3N(c3cnn(C)c3)C2=O)c1F. The molecule has 1 atom stereocenters. The first-order valence-corrected chi connectivity index (χ1v) is 11.6. The lowest BCUT2D eigenvalue weighted by molar-refractivity contribution is 0.251. The van der Waals surface area contributed by atoms with Gasteiger partial charge in [-0.05, 0) is 6.66 Å². The highest BCUT2D eigenvalue weighted by Gasteiger charge is 2.39. The maximum absolute atomic E-state index is 15.3. The van der Waals surface area contributed by atoms with Gasteiger partial charge < -0.3 is 9.47 Å². The van der Waals surface area contributed by atoms with Gasteiger partial charge in [0.1, 0.15) is 5.69 Å². The second kappa shape index (κ2) is 8.21. The number of halogens is 2. The molecule has 4 heterocycles. The molecular weight excluding hydrogens is 467 g/mol. The fourth-order valence-electron chi connectivity index (χ4n) is 4.05. The molecule has 4 aromatic rings. The van der Waals surface area contributed by atoms with E-state index in [2.05, 4.69) is 15.2 Å². The third-order valence-electron chi connectivity index (χ3n) is 5.60. The molecule has 10 nitrogen and oxygen atoms in total. The Hall–Kier alpha value is -3.79. The Morgan fingerprint density at radius 2 is 1.74 bits per heavy atom. The summed E-state index contributed by atoms with van der Waals surface area (Å²) < 4.78 is 44.1. The summed E-state index contributed by atoms with van der Waals surface area (Å²) in [5.41, 5.74) is 1.57. The first-order chi connectivity index (χ1) is 16.4. The highest BCUT2D eigenvalue weighted by Crippen LogP contribution is 2.44. The standard InChI is InChI=1S/C21H20F2N7O3P/c1-27-10-12(7-25-27)29-18-11(6-24-20-13(18)8-26-30(20)34-4)9-28(21(29)31)19-16(22)14(32-2)5-15(33-3)17(19)23/h5-8,10,34H,9H2,1-4H3. The van der Waals surface area contributed by atoms with Crippen LogP contribution in [0, 0.1) is 11.6 Å². The maximum Gasteiger partial charge on any atom is 0.334 e. The number of benzene rings is 1. The number of methoxy groups -OCH3 is 2. The van der Waals surface area contributed by atoms with Gasteiger partial charge in [-0.3, -0.25) is 14.5 Å². The molecular formula is C21H20F2N7O3P. The van der Waals surface area contributed by atoms with Gasteiger partial charge in [-0.2, -0.15) is 10.2 Å². The van der Waals surface area contributed by atoms with E-state index >= 15 is 8.78 Å². The number of urea groups is 1. The number of hydrogen-bond donors (Lipinski definition) is 0. The quantitative estimate of drug-likeness (QED) is 0.398. The topological polar surface area (TPSA) is 90.5 Å². The molecule has 2 amide bonds. The van der Waals surface area contributed by atoms with Crippen molar-refractivity contribution < 1.29 is 23.0 Å². The molecule has 1 aliphatic heterocycles. The van der Waals surface area contributed by atoms with Crippen LogP contribution in [0.1, 0.15) is 5.56 Å². The van der Waals surface area contributed by atoms with Gasteiger partial charge in [0.2, 0.25) is 0 Å². The molecule has 0 saturated heterocycles. The Bertz CT molecular complexity index is 1410. The smallest absolute Gasteiger partial charge is 0.334 e. The molecule has 34 heavy (non-hydrogen) atoms. The van der Waals surface area contributed by atoms with Gasteiger partial charge in [0.15, 0.2) is 28.8 Å². The van der Waals surface area contributed by atoms with Crippen LogP contribution < -0.4 is 19.3 Å². The van der Waals surface area contributed by atoms with Crippen molar-refractivity contribution in [3.8, 4) is 11.5 Å². The van der Waals surface area contributed by atoms with Crippen molar-refractivity contribution in [1.29, 1.82) is 0 Å². The molecule has 0 spiro atoms. The summed E-state index contributed by atoms with van der Waals surface area (Å²) >= 11 is 0. The van der Waals surface area contributed by atoms with Crippen molar-refractivity contribution in [3.05, 3.63) is 48.1 Å². The summed E-state index contributed by atoms with van der Waals surface area (Å²) in [6.45, 7) is 1.83. The second-order valence-corrected chi connectivity index (χ2v) is 8.35. The number of fused-ring (bicyclic) bond motifs is 3. The predicted molar refractivity (Wildman–Crippen MR) is 124 cm³/mol. The summed E-state index contributed by atoms with van der Waals surface area (Å²) in [6.07, 6.45) is 6.37. The van der Waals surface area contributed by atoms with Crippen molar-refractivity contribution in [3.63, 3.8) is 0 Å². The Morgan fingerprint density at radius 3 is 2.32 bits per heavy atom. The van der Waals surface area contributed by atoms with Crippen molar-refractivity contribution in [1.82, 2.24) is 24.3 Å². The zero-order chi connectivity index (χ0) is 24.1. The van der Waals surface area contributed by atoms with Crippen LogP contribution in [0.5, 0.6) is 11.5 Å². The minimum atomic E-state index is -1.02. The average molecular weight is 487 g/mol. The van der Waals surface area contributed by atoms with Gasteiger partial charge in [-0.15, -0.1) is 0 Å². The number of aryl methyl sites for hydroxylation is 1. The van der Waals surface area contributed by atoms with E-state index in [1.165, 1.54) is 30.0 Å². The number of hydrogen-bond acceptors (Lipinski definition) is 6. The Morgan fingerprint density at radius 1 is 1.03 bits per heavy atom. The third-order valence-corrected chi connectivity index (χ3v) is 6.35. The number of amides is 2. The van der Waals surface area contributed by atoms with Crippen LogP contribution in [-0.2, 0) is 13.6 Å². The molecule has 176 valence electrons. The van der Waals surface area contributed by atoms with Crippen molar-refractivity contribution in [2.75, 3.05) is 30.7 Å². The first-order valence-electron chi connectivity index (χ1n) is 10.1. The van der Waals surface area contributed by atoms with Crippen molar-refractivity contribution in [2.45, 2.75) is 6.54 Å². The number of pyridine rings is 1. The number of ether oxygens (including phenoxy) is 2. The Kier molecular flexibility index (Phi) is 5.32. The molecule has 5 rings (SSSR count). The van der Waals surface area contributed by atoms with Gasteiger partial charge in [-0.1, -0.05) is 0 Å². The van der Waals surface area contributed by atoms with Crippen molar-refractivity contribution in [2.24, 2.45) is 7.05 Å². The summed E-state index contributed by atoms with van der Waals surface area (Å²) in [7, 11) is 4.54. The largest absolute Gasteiger partial charge is 0.493 e. The lowest BCUT2D eigenvalue weighted by Gasteiger charge is -2.37. The minimum absolute atomic E-state index is 0.127.